The summed E-state index contributed by atoms with van der Waals surface area (Å²) in [7, 11) is 0. The summed E-state index contributed by atoms with van der Waals surface area (Å²) in [5.74, 6) is 2.04. The molecule has 1 heterocycles. The van der Waals surface area contributed by atoms with Crippen molar-refractivity contribution in [2.24, 2.45) is 11.8 Å². The van der Waals surface area contributed by atoms with Gasteiger partial charge in [0.05, 0.1) is 0 Å². The SMILES string of the molecule is C[C@@H]1C2CCNC1CC2. The number of hydrogen-bond acceptors (Lipinski definition) is 1. The molecule has 0 aromatic rings. The molecule has 0 aromatic heterocycles. The van der Waals surface area contributed by atoms with Crippen LogP contribution >= 0.6 is 0 Å². The summed E-state index contributed by atoms with van der Waals surface area (Å²) < 4.78 is 0. The standard InChI is InChI=1S/C8H15N/c1-6-7-2-3-8(6)9-5-4-7/h6-9H,2-5H2,1H3/t6-,7?,8?/m1/s1. The van der Waals surface area contributed by atoms with Crippen molar-refractivity contribution in [3.8, 4) is 0 Å². The van der Waals surface area contributed by atoms with Crippen LogP contribution in [0, 0.1) is 11.8 Å². The maximum absolute atomic E-state index is 3.56. The van der Waals surface area contributed by atoms with Crippen LogP contribution in [0.1, 0.15) is 26.2 Å². The van der Waals surface area contributed by atoms with Gasteiger partial charge in [0.25, 0.3) is 0 Å². The summed E-state index contributed by atoms with van der Waals surface area (Å²) in [6.45, 7) is 3.67. The molecule has 52 valence electrons. The Balaban J connectivity index is 2.10. The van der Waals surface area contributed by atoms with E-state index in [1.165, 1.54) is 25.8 Å². The van der Waals surface area contributed by atoms with Crippen molar-refractivity contribution >= 4 is 0 Å². The van der Waals surface area contributed by atoms with Crippen LogP contribution in [0.15, 0.2) is 0 Å². The van der Waals surface area contributed by atoms with Gasteiger partial charge in [0.15, 0.2) is 0 Å². The first-order chi connectivity index (χ1) is 4.38. The summed E-state index contributed by atoms with van der Waals surface area (Å²) in [5, 5.41) is 3.56. The first-order valence-electron chi connectivity index (χ1n) is 4.11. The van der Waals surface area contributed by atoms with Crippen LogP contribution < -0.4 is 5.32 Å². The molecule has 9 heavy (non-hydrogen) atoms. The first kappa shape index (κ1) is 5.72. The van der Waals surface area contributed by atoms with Crippen molar-refractivity contribution in [3.05, 3.63) is 0 Å². The molecule has 3 atom stereocenters. The molecule has 2 rings (SSSR count). The van der Waals surface area contributed by atoms with Gasteiger partial charge in [-0.05, 0) is 37.6 Å². The fourth-order valence-electron chi connectivity index (χ4n) is 2.40. The maximum atomic E-state index is 3.56. The number of nitrogens with one attached hydrogen (secondary N) is 1. The summed E-state index contributed by atoms with van der Waals surface area (Å²) in [6.07, 6.45) is 4.35. The summed E-state index contributed by atoms with van der Waals surface area (Å²) in [4.78, 5) is 0. The van der Waals surface area contributed by atoms with Crippen LogP contribution in [0.3, 0.4) is 0 Å². The molecule has 1 N–H and O–H groups in total. The molecule has 1 heteroatoms. The minimum Gasteiger partial charge on any atom is -0.314 e. The lowest BCUT2D eigenvalue weighted by molar-refractivity contribution is 0.282. The molecular weight excluding hydrogens is 110 g/mol. The third-order valence-electron chi connectivity index (χ3n) is 3.15. The lowest BCUT2D eigenvalue weighted by Crippen LogP contribution is -2.38. The molecule has 2 fully saturated rings. The fourth-order valence-corrected chi connectivity index (χ4v) is 2.40. The highest BCUT2D eigenvalue weighted by Crippen LogP contribution is 2.36. The molecule has 1 saturated heterocycles. The number of fused-ring (bicyclic) bond motifs is 2. The zero-order valence-corrected chi connectivity index (χ0v) is 6.06. The second-order valence-electron chi connectivity index (χ2n) is 3.55. The molecule has 2 bridgehead atoms. The highest BCUT2D eigenvalue weighted by atomic mass is 14.9. The van der Waals surface area contributed by atoms with Crippen molar-refractivity contribution < 1.29 is 0 Å². The Morgan fingerprint density at radius 1 is 1.22 bits per heavy atom. The lowest BCUT2D eigenvalue weighted by atomic mass is 9.90. The third kappa shape index (κ3) is 0.787. The lowest BCUT2D eigenvalue weighted by Gasteiger charge is -2.27. The normalized spacial score (nSPS) is 49.7. The van der Waals surface area contributed by atoms with E-state index in [2.05, 4.69) is 12.2 Å². The number of hydrogen-bond donors (Lipinski definition) is 1. The topological polar surface area (TPSA) is 12.0 Å². The van der Waals surface area contributed by atoms with E-state index in [0.29, 0.717) is 0 Å². The van der Waals surface area contributed by atoms with Gasteiger partial charge < -0.3 is 5.32 Å². The molecule has 0 aromatic carbocycles. The molecule has 0 amide bonds. The summed E-state index contributed by atoms with van der Waals surface area (Å²) in [6, 6.07) is 0.878. The summed E-state index contributed by atoms with van der Waals surface area (Å²) >= 11 is 0. The van der Waals surface area contributed by atoms with Gasteiger partial charge in [-0.15, -0.1) is 0 Å². The first-order valence-corrected chi connectivity index (χ1v) is 4.11. The van der Waals surface area contributed by atoms with E-state index < -0.39 is 0 Å². The Hall–Kier alpha value is -0.0400. The number of piperidine rings is 1. The van der Waals surface area contributed by atoms with Crippen LogP contribution in [0.5, 0.6) is 0 Å². The predicted molar refractivity (Wildman–Crippen MR) is 38.3 cm³/mol. The van der Waals surface area contributed by atoms with Crippen LogP contribution in [0.2, 0.25) is 0 Å². The quantitative estimate of drug-likeness (QED) is 0.516. The average molecular weight is 125 g/mol. The van der Waals surface area contributed by atoms with Crippen molar-refractivity contribution in [1.29, 1.82) is 0 Å². The van der Waals surface area contributed by atoms with E-state index in [0.717, 1.165) is 17.9 Å². The van der Waals surface area contributed by atoms with Crippen LogP contribution in [-0.2, 0) is 0 Å². The minimum atomic E-state index is 0.878. The Morgan fingerprint density at radius 3 is 2.78 bits per heavy atom. The predicted octanol–water partition coefficient (Wildman–Crippen LogP) is 1.39. The van der Waals surface area contributed by atoms with Crippen LogP contribution in [0.25, 0.3) is 0 Å². The highest BCUT2D eigenvalue weighted by molar-refractivity contribution is 4.90. The van der Waals surface area contributed by atoms with Crippen molar-refractivity contribution in [1.82, 2.24) is 5.32 Å². The zero-order chi connectivity index (χ0) is 6.27. The fraction of sp³-hybridized carbons (Fsp3) is 1.00. The van der Waals surface area contributed by atoms with Crippen LogP contribution in [0.4, 0.5) is 0 Å². The molecule has 2 unspecified atom stereocenters. The Bertz CT molecular complexity index is 95.1. The molecule has 1 aliphatic heterocycles. The van der Waals surface area contributed by atoms with E-state index >= 15 is 0 Å². The molecule has 2 aliphatic rings. The molecular formula is C8H15N. The Kier molecular flexibility index (Phi) is 1.26. The second-order valence-corrected chi connectivity index (χ2v) is 3.55. The van der Waals surface area contributed by atoms with Gasteiger partial charge in [-0.3, -0.25) is 0 Å². The van der Waals surface area contributed by atoms with Crippen LogP contribution in [-0.4, -0.2) is 12.6 Å². The van der Waals surface area contributed by atoms with E-state index in [1.54, 1.807) is 0 Å². The minimum absolute atomic E-state index is 0.878. The second kappa shape index (κ2) is 1.98. The molecule has 1 nitrogen and oxygen atoms in total. The Morgan fingerprint density at radius 2 is 2.11 bits per heavy atom. The monoisotopic (exact) mass is 125 g/mol. The van der Waals surface area contributed by atoms with Crippen molar-refractivity contribution in [2.45, 2.75) is 32.2 Å². The van der Waals surface area contributed by atoms with Gasteiger partial charge >= 0.3 is 0 Å². The molecule has 0 spiro atoms. The largest absolute Gasteiger partial charge is 0.314 e. The van der Waals surface area contributed by atoms with Crippen molar-refractivity contribution in [3.63, 3.8) is 0 Å². The van der Waals surface area contributed by atoms with Gasteiger partial charge in [0.2, 0.25) is 0 Å². The van der Waals surface area contributed by atoms with Gasteiger partial charge in [-0.1, -0.05) is 6.92 Å². The van der Waals surface area contributed by atoms with Gasteiger partial charge in [-0.25, -0.2) is 0 Å². The highest BCUT2D eigenvalue weighted by Gasteiger charge is 2.34. The molecule has 1 aliphatic carbocycles. The van der Waals surface area contributed by atoms with Gasteiger partial charge in [0.1, 0.15) is 0 Å². The third-order valence-corrected chi connectivity index (χ3v) is 3.15. The number of rotatable bonds is 0. The summed E-state index contributed by atoms with van der Waals surface area (Å²) in [5.41, 5.74) is 0. The van der Waals surface area contributed by atoms with E-state index in [1.807, 2.05) is 0 Å². The molecule has 1 saturated carbocycles. The maximum Gasteiger partial charge on any atom is 0.00954 e. The molecule has 0 radical (unpaired) electrons. The smallest absolute Gasteiger partial charge is 0.00954 e. The average Bonchev–Trinajstić information content (AvgIpc) is 2.19. The van der Waals surface area contributed by atoms with E-state index in [9.17, 15) is 0 Å². The van der Waals surface area contributed by atoms with E-state index in [-0.39, 0.29) is 0 Å². The van der Waals surface area contributed by atoms with Gasteiger partial charge in [0, 0.05) is 6.04 Å². The van der Waals surface area contributed by atoms with Gasteiger partial charge in [-0.2, -0.15) is 0 Å². The van der Waals surface area contributed by atoms with E-state index in [4.69, 9.17) is 0 Å². The zero-order valence-electron chi connectivity index (χ0n) is 6.06. The Labute approximate surface area is 56.8 Å². The van der Waals surface area contributed by atoms with Crippen molar-refractivity contribution in [2.75, 3.05) is 6.54 Å².